The van der Waals surface area contributed by atoms with Crippen LogP contribution < -0.4 is 11.1 Å². The first kappa shape index (κ1) is 13.0. The molecule has 20 heavy (non-hydrogen) atoms. The topological polar surface area (TPSA) is 70.9 Å². The number of nitrogens with two attached hydrogens (primary N) is 1. The first-order chi connectivity index (χ1) is 9.56. The number of rotatable bonds is 2. The van der Waals surface area contributed by atoms with Crippen LogP contribution in [-0.4, -0.2) is 16.9 Å². The summed E-state index contributed by atoms with van der Waals surface area (Å²) in [5.74, 6) is 1.18. The molecule has 1 aromatic heterocycles. The minimum atomic E-state index is -0.0356. The van der Waals surface area contributed by atoms with Crippen LogP contribution in [0, 0.1) is 11.8 Å². The molecule has 3 atom stereocenters. The molecule has 0 saturated heterocycles. The predicted octanol–water partition coefficient (Wildman–Crippen LogP) is 2.91. The van der Waals surface area contributed by atoms with E-state index in [1.165, 1.54) is 6.42 Å². The standard InChI is InChI=1S/C16H21N3O/c1-9-6-7-13(10(9)2)19-16(20)14-8-11-4-3-5-12(17)15(11)18-14/h3-5,8-10,13,18H,6-7,17H2,1-2H3,(H,19,20). The summed E-state index contributed by atoms with van der Waals surface area (Å²) in [5, 5.41) is 4.12. The van der Waals surface area contributed by atoms with Crippen molar-refractivity contribution in [3.8, 4) is 0 Å². The first-order valence-electron chi connectivity index (χ1n) is 7.24. The fraction of sp³-hybridized carbons (Fsp3) is 0.438. The number of nitrogens with one attached hydrogen (secondary N) is 2. The Morgan fingerprint density at radius 3 is 2.80 bits per heavy atom. The van der Waals surface area contributed by atoms with Crippen molar-refractivity contribution < 1.29 is 4.79 Å². The predicted molar refractivity (Wildman–Crippen MR) is 81.5 cm³/mol. The molecule has 4 nitrogen and oxygen atoms in total. The van der Waals surface area contributed by atoms with E-state index in [4.69, 9.17) is 5.73 Å². The lowest BCUT2D eigenvalue weighted by Gasteiger charge is -2.19. The molecule has 3 rings (SSSR count). The van der Waals surface area contributed by atoms with E-state index in [9.17, 15) is 4.79 Å². The highest BCUT2D eigenvalue weighted by Crippen LogP contribution is 2.31. The maximum atomic E-state index is 12.4. The first-order valence-corrected chi connectivity index (χ1v) is 7.24. The van der Waals surface area contributed by atoms with E-state index in [1.54, 1.807) is 0 Å². The Kier molecular flexibility index (Phi) is 3.16. The number of hydrogen-bond acceptors (Lipinski definition) is 2. The number of carbonyl (C=O) groups is 1. The molecule has 0 bridgehead atoms. The number of nitrogen functional groups attached to an aromatic ring is 1. The Morgan fingerprint density at radius 2 is 2.15 bits per heavy atom. The number of benzene rings is 1. The number of aromatic amines is 1. The zero-order chi connectivity index (χ0) is 14.3. The summed E-state index contributed by atoms with van der Waals surface area (Å²) in [7, 11) is 0. The molecule has 1 saturated carbocycles. The zero-order valence-corrected chi connectivity index (χ0v) is 11.9. The van der Waals surface area contributed by atoms with Gasteiger partial charge in [-0.3, -0.25) is 4.79 Å². The van der Waals surface area contributed by atoms with Gasteiger partial charge in [-0.2, -0.15) is 0 Å². The van der Waals surface area contributed by atoms with Gasteiger partial charge in [-0.25, -0.2) is 0 Å². The Hall–Kier alpha value is -1.97. The van der Waals surface area contributed by atoms with Crippen molar-refractivity contribution in [3.05, 3.63) is 30.0 Å². The van der Waals surface area contributed by atoms with Crippen LogP contribution in [0.2, 0.25) is 0 Å². The highest BCUT2D eigenvalue weighted by Gasteiger charge is 2.31. The SMILES string of the molecule is CC1CCC(NC(=O)c2cc3cccc(N)c3[nH]2)C1C. The fourth-order valence-corrected chi connectivity index (χ4v) is 3.12. The number of anilines is 1. The van der Waals surface area contributed by atoms with Crippen LogP contribution in [0.1, 0.15) is 37.2 Å². The quantitative estimate of drug-likeness (QED) is 0.735. The number of fused-ring (bicyclic) bond motifs is 1. The number of aromatic nitrogens is 1. The van der Waals surface area contributed by atoms with Gasteiger partial charge in [0.05, 0.1) is 11.2 Å². The summed E-state index contributed by atoms with van der Waals surface area (Å²) >= 11 is 0. The van der Waals surface area contributed by atoms with Gasteiger partial charge in [0, 0.05) is 11.4 Å². The molecule has 4 heteroatoms. The molecule has 1 heterocycles. The van der Waals surface area contributed by atoms with Gasteiger partial charge in [0.2, 0.25) is 0 Å². The molecular weight excluding hydrogens is 250 g/mol. The summed E-state index contributed by atoms with van der Waals surface area (Å²) in [6.07, 6.45) is 2.25. The van der Waals surface area contributed by atoms with Crippen molar-refractivity contribution in [1.29, 1.82) is 0 Å². The maximum Gasteiger partial charge on any atom is 0.267 e. The van der Waals surface area contributed by atoms with E-state index in [-0.39, 0.29) is 11.9 Å². The fourth-order valence-electron chi connectivity index (χ4n) is 3.12. The third kappa shape index (κ3) is 2.15. The molecule has 3 unspecified atom stereocenters. The van der Waals surface area contributed by atoms with Crippen molar-refractivity contribution >= 4 is 22.5 Å². The summed E-state index contributed by atoms with van der Waals surface area (Å²) in [4.78, 5) is 15.5. The lowest BCUT2D eigenvalue weighted by molar-refractivity contribution is 0.0923. The Bertz CT molecular complexity index is 646. The molecule has 1 aromatic carbocycles. The number of H-pyrrole nitrogens is 1. The van der Waals surface area contributed by atoms with Crippen LogP contribution in [0.3, 0.4) is 0 Å². The maximum absolute atomic E-state index is 12.4. The molecule has 106 valence electrons. The van der Waals surface area contributed by atoms with Crippen molar-refractivity contribution in [1.82, 2.24) is 10.3 Å². The van der Waals surface area contributed by atoms with E-state index in [1.807, 2.05) is 24.3 Å². The molecule has 0 radical (unpaired) electrons. The van der Waals surface area contributed by atoms with Crippen molar-refractivity contribution in [2.75, 3.05) is 5.73 Å². The largest absolute Gasteiger partial charge is 0.397 e. The van der Waals surface area contributed by atoms with Gasteiger partial charge in [-0.05, 0) is 36.8 Å². The average molecular weight is 271 g/mol. The molecule has 1 aliphatic carbocycles. The summed E-state index contributed by atoms with van der Waals surface area (Å²) in [6, 6.07) is 7.83. The van der Waals surface area contributed by atoms with Gasteiger partial charge >= 0.3 is 0 Å². The van der Waals surface area contributed by atoms with E-state index in [0.29, 0.717) is 23.2 Å². The number of amides is 1. The summed E-state index contributed by atoms with van der Waals surface area (Å²) in [5.41, 5.74) is 8.01. The third-order valence-electron chi connectivity index (χ3n) is 4.71. The Morgan fingerprint density at radius 1 is 1.35 bits per heavy atom. The van der Waals surface area contributed by atoms with E-state index >= 15 is 0 Å². The van der Waals surface area contributed by atoms with Gasteiger partial charge in [0.1, 0.15) is 5.69 Å². The van der Waals surface area contributed by atoms with Crippen LogP contribution in [0.25, 0.3) is 10.9 Å². The normalized spacial score (nSPS) is 26.0. The second kappa shape index (κ2) is 4.85. The molecule has 2 aromatic rings. The second-order valence-electron chi connectivity index (χ2n) is 5.99. The summed E-state index contributed by atoms with van der Waals surface area (Å²) in [6.45, 7) is 4.46. The van der Waals surface area contributed by atoms with E-state index in [2.05, 4.69) is 24.1 Å². The molecule has 0 spiro atoms. The Labute approximate surface area is 118 Å². The minimum absolute atomic E-state index is 0.0356. The van der Waals surface area contributed by atoms with Crippen LogP contribution in [0.5, 0.6) is 0 Å². The van der Waals surface area contributed by atoms with Crippen LogP contribution in [-0.2, 0) is 0 Å². The molecule has 1 fully saturated rings. The zero-order valence-electron chi connectivity index (χ0n) is 11.9. The van der Waals surface area contributed by atoms with Gasteiger partial charge < -0.3 is 16.0 Å². The van der Waals surface area contributed by atoms with Crippen LogP contribution in [0.4, 0.5) is 5.69 Å². The van der Waals surface area contributed by atoms with Gasteiger partial charge in [0.25, 0.3) is 5.91 Å². The Balaban J connectivity index is 1.81. The van der Waals surface area contributed by atoms with Crippen molar-refractivity contribution in [3.63, 3.8) is 0 Å². The molecule has 1 amide bonds. The highest BCUT2D eigenvalue weighted by atomic mass is 16.1. The lowest BCUT2D eigenvalue weighted by Crippen LogP contribution is -2.37. The molecule has 0 aliphatic heterocycles. The molecule has 4 N–H and O–H groups in total. The highest BCUT2D eigenvalue weighted by molar-refractivity contribution is 6.00. The molecule has 1 aliphatic rings. The molecular formula is C16H21N3O. The second-order valence-corrected chi connectivity index (χ2v) is 5.99. The van der Waals surface area contributed by atoms with Crippen LogP contribution in [0.15, 0.2) is 24.3 Å². The van der Waals surface area contributed by atoms with Gasteiger partial charge in [0.15, 0.2) is 0 Å². The average Bonchev–Trinajstić information content (AvgIpc) is 2.99. The van der Waals surface area contributed by atoms with Crippen molar-refractivity contribution in [2.45, 2.75) is 32.7 Å². The van der Waals surface area contributed by atoms with E-state index in [0.717, 1.165) is 17.3 Å². The van der Waals surface area contributed by atoms with E-state index < -0.39 is 0 Å². The smallest absolute Gasteiger partial charge is 0.267 e. The monoisotopic (exact) mass is 271 g/mol. The minimum Gasteiger partial charge on any atom is -0.397 e. The number of hydrogen-bond donors (Lipinski definition) is 3. The van der Waals surface area contributed by atoms with Gasteiger partial charge in [-0.1, -0.05) is 26.0 Å². The summed E-state index contributed by atoms with van der Waals surface area (Å²) < 4.78 is 0. The number of para-hydroxylation sites is 1. The van der Waals surface area contributed by atoms with Crippen LogP contribution >= 0.6 is 0 Å². The van der Waals surface area contributed by atoms with Crippen molar-refractivity contribution in [2.24, 2.45) is 11.8 Å². The number of carbonyl (C=O) groups excluding carboxylic acids is 1. The third-order valence-corrected chi connectivity index (χ3v) is 4.71. The lowest BCUT2D eigenvalue weighted by atomic mass is 9.98. The van der Waals surface area contributed by atoms with Gasteiger partial charge in [-0.15, -0.1) is 0 Å².